The third-order valence-electron chi connectivity index (χ3n) is 4.74. The summed E-state index contributed by atoms with van der Waals surface area (Å²) in [7, 11) is 0. The summed E-state index contributed by atoms with van der Waals surface area (Å²) in [4.78, 5) is 44.5. The number of carbonyl (C=O) groups is 2. The molecule has 12 heteroatoms. The Hall–Kier alpha value is -3.24. The summed E-state index contributed by atoms with van der Waals surface area (Å²) >= 11 is 11.9. The summed E-state index contributed by atoms with van der Waals surface area (Å²) in [6.45, 7) is 0.892. The molecular formula is C21H22Cl2N4O6. The van der Waals surface area contributed by atoms with Gasteiger partial charge in [0.15, 0.2) is 0 Å². The monoisotopic (exact) mass is 496 g/mol. The van der Waals surface area contributed by atoms with E-state index in [-0.39, 0.29) is 44.4 Å². The van der Waals surface area contributed by atoms with Gasteiger partial charge in [-0.25, -0.2) is 0 Å². The standard InChI is InChI=1S/C21H22Cl2N4O6/c22-18-12-14(26(30)31)6-8-16(18)20(28)24-10-4-2-1-3-5-11-25-21(29)17-9-7-15(27(32)33)13-19(17)23/h6-9,12-13H,1-5,10-11H2,(H,24,28)(H,25,29). The Morgan fingerprint density at radius 1 is 0.697 bits per heavy atom. The number of nitro groups is 2. The van der Waals surface area contributed by atoms with E-state index in [1.54, 1.807) is 0 Å². The van der Waals surface area contributed by atoms with Crippen molar-refractivity contribution in [3.63, 3.8) is 0 Å². The quantitative estimate of drug-likeness (QED) is 0.242. The number of non-ortho nitro benzene ring substituents is 2. The second kappa shape index (κ2) is 12.7. The summed E-state index contributed by atoms with van der Waals surface area (Å²) in [5, 5.41) is 27.0. The first-order valence-electron chi connectivity index (χ1n) is 10.1. The van der Waals surface area contributed by atoms with Crippen molar-refractivity contribution < 1.29 is 19.4 Å². The zero-order valence-electron chi connectivity index (χ0n) is 17.5. The lowest BCUT2D eigenvalue weighted by atomic mass is 10.1. The molecule has 2 amide bonds. The maximum absolute atomic E-state index is 12.1. The summed E-state index contributed by atoms with van der Waals surface area (Å²) < 4.78 is 0. The van der Waals surface area contributed by atoms with Crippen LogP contribution in [0.1, 0.15) is 52.8 Å². The number of amides is 2. The number of nitrogens with zero attached hydrogens (tertiary/aromatic N) is 2. The predicted molar refractivity (Wildman–Crippen MR) is 124 cm³/mol. The van der Waals surface area contributed by atoms with E-state index in [1.165, 1.54) is 24.3 Å². The van der Waals surface area contributed by atoms with Crippen LogP contribution in [-0.2, 0) is 0 Å². The Morgan fingerprint density at radius 3 is 1.39 bits per heavy atom. The molecule has 176 valence electrons. The van der Waals surface area contributed by atoms with Gasteiger partial charge in [0.25, 0.3) is 23.2 Å². The molecular weight excluding hydrogens is 475 g/mol. The molecule has 0 aromatic heterocycles. The maximum atomic E-state index is 12.1. The van der Waals surface area contributed by atoms with Crippen LogP contribution in [0.3, 0.4) is 0 Å². The van der Waals surface area contributed by atoms with Crippen molar-refractivity contribution in [3.8, 4) is 0 Å². The molecule has 0 saturated carbocycles. The third-order valence-corrected chi connectivity index (χ3v) is 5.37. The number of rotatable bonds is 12. The van der Waals surface area contributed by atoms with Gasteiger partial charge in [-0.3, -0.25) is 29.8 Å². The number of nitro benzene ring substituents is 2. The van der Waals surface area contributed by atoms with Crippen molar-refractivity contribution >= 4 is 46.4 Å². The highest BCUT2D eigenvalue weighted by atomic mass is 35.5. The van der Waals surface area contributed by atoms with Crippen LogP contribution in [0.25, 0.3) is 0 Å². The van der Waals surface area contributed by atoms with Crippen LogP contribution >= 0.6 is 23.2 Å². The van der Waals surface area contributed by atoms with E-state index < -0.39 is 9.85 Å². The zero-order valence-corrected chi connectivity index (χ0v) is 19.0. The molecule has 0 aliphatic carbocycles. The highest BCUT2D eigenvalue weighted by molar-refractivity contribution is 6.34. The molecule has 0 fully saturated rings. The van der Waals surface area contributed by atoms with Crippen molar-refractivity contribution in [2.45, 2.75) is 32.1 Å². The average molecular weight is 497 g/mol. The first kappa shape index (κ1) is 26.0. The van der Waals surface area contributed by atoms with Gasteiger partial charge >= 0.3 is 0 Å². The normalized spacial score (nSPS) is 10.5. The van der Waals surface area contributed by atoms with Gasteiger partial charge in [0, 0.05) is 37.4 Å². The molecule has 10 nitrogen and oxygen atoms in total. The van der Waals surface area contributed by atoms with Crippen LogP contribution in [0.2, 0.25) is 10.0 Å². The van der Waals surface area contributed by atoms with Crippen LogP contribution in [-0.4, -0.2) is 34.8 Å². The average Bonchev–Trinajstić information content (AvgIpc) is 2.77. The fourth-order valence-corrected chi connectivity index (χ4v) is 3.50. The van der Waals surface area contributed by atoms with E-state index in [0.717, 1.165) is 44.2 Å². The van der Waals surface area contributed by atoms with Crippen molar-refractivity contribution in [2.75, 3.05) is 13.1 Å². The first-order chi connectivity index (χ1) is 15.7. The van der Waals surface area contributed by atoms with Crippen molar-refractivity contribution in [3.05, 3.63) is 77.8 Å². The maximum Gasteiger partial charge on any atom is 0.270 e. The molecule has 2 aromatic carbocycles. The number of hydrogen-bond acceptors (Lipinski definition) is 6. The molecule has 0 heterocycles. The van der Waals surface area contributed by atoms with E-state index in [1.807, 2.05) is 0 Å². The van der Waals surface area contributed by atoms with Gasteiger partial charge in [0.2, 0.25) is 0 Å². The minimum atomic E-state index is -0.580. The first-order valence-corrected chi connectivity index (χ1v) is 10.9. The van der Waals surface area contributed by atoms with Gasteiger partial charge in [0.05, 0.1) is 31.0 Å². The largest absolute Gasteiger partial charge is 0.352 e. The topological polar surface area (TPSA) is 144 Å². The lowest BCUT2D eigenvalue weighted by Crippen LogP contribution is -2.25. The number of hydrogen-bond donors (Lipinski definition) is 2. The molecule has 0 bridgehead atoms. The highest BCUT2D eigenvalue weighted by Gasteiger charge is 2.15. The SMILES string of the molecule is O=C(NCCCCCCCNC(=O)c1ccc([N+](=O)[O-])cc1Cl)c1ccc([N+](=O)[O-])cc1Cl. The summed E-state index contributed by atoms with van der Waals surface area (Å²) in [6, 6.07) is 7.40. The molecule has 0 spiro atoms. The van der Waals surface area contributed by atoms with Crippen LogP contribution < -0.4 is 10.6 Å². The Morgan fingerprint density at radius 2 is 1.06 bits per heavy atom. The van der Waals surface area contributed by atoms with E-state index in [9.17, 15) is 29.8 Å². The number of nitrogens with one attached hydrogen (secondary N) is 2. The van der Waals surface area contributed by atoms with Crippen LogP contribution in [0.15, 0.2) is 36.4 Å². The van der Waals surface area contributed by atoms with Gasteiger partial charge in [-0.2, -0.15) is 0 Å². The molecule has 2 aromatic rings. The Balaban J connectivity index is 1.59. The second-order valence-corrected chi connectivity index (χ2v) is 7.94. The lowest BCUT2D eigenvalue weighted by molar-refractivity contribution is -0.385. The third kappa shape index (κ3) is 7.99. The minimum absolute atomic E-state index is 0.0266. The number of carbonyl (C=O) groups excluding carboxylic acids is 2. The van der Waals surface area contributed by atoms with E-state index >= 15 is 0 Å². The van der Waals surface area contributed by atoms with Crippen molar-refractivity contribution in [2.24, 2.45) is 0 Å². The van der Waals surface area contributed by atoms with Gasteiger partial charge in [-0.1, -0.05) is 42.5 Å². The summed E-state index contributed by atoms with van der Waals surface area (Å²) in [5.41, 5.74) is 0.0180. The summed E-state index contributed by atoms with van der Waals surface area (Å²) in [5.74, 6) is -0.773. The fourth-order valence-electron chi connectivity index (χ4n) is 2.98. The Labute approximate surface area is 199 Å². The van der Waals surface area contributed by atoms with Crippen LogP contribution in [0.4, 0.5) is 11.4 Å². The van der Waals surface area contributed by atoms with Crippen LogP contribution in [0, 0.1) is 20.2 Å². The van der Waals surface area contributed by atoms with Gasteiger partial charge in [0.1, 0.15) is 0 Å². The molecule has 0 saturated heterocycles. The molecule has 0 aliphatic heterocycles. The van der Waals surface area contributed by atoms with Crippen molar-refractivity contribution in [1.29, 1.82) is 0 Å². The zero-order chi connectivity index (χ0) is 24.4. The molecule has 2 rings (SSSR count). The molecule has 0 atom stereocenters. The van der Waals surface area contributed by atoms with Gasteiger partial charge in [-0.05, 0) is 25.0 Å². The highest BCUT2D eigenvalue weighted by Crippen LogP contribution is 2.23. The van der Waals surface area contributed by atoms with Gasteiger partial charge in [-0.15, -0.1) is 0 Å². The summed E-state index contributed by atoms with van der Waals surface area (Å²) in [6.07, 6.45) is 4.15. The molecule has 0 aliphatic rings. The molecule has 33 heavy (non-hydrogen) atoms. The van der Waals surface area contributed by atoms with Crippen molar-refractivity contribution in [1.82, 2.24) is 10.6 Å². The van der Waals surface area contributed by atoms with Gasteiger partial charge < -0.3 is 10.6 Å². The second-order valence-electron chi connectivity index (χ2n) is 7.12. The van der Waals surface area contributed by atoms with E-state index in [2.05, 4.69) is 10.6 Å². The smallest absolute Gasteiger partial charge is 0.270 e. The Kier molecular flexibility index (Phi) is 10.0. The molecule has 0 unspecified atom stereocenters. The Bertz CT molecular complexity index is 966. The fraction of sp³-hybridized carbons (Fsp3) is 0.333. The van der Waals surface area contributed by atoms with Crippen LogP contribution in [0.5, 0.6) is 0 Å². The number of halogens is 2. The molecule has 2 N–H and O–H groups in total. The minimum Gasteiger partial charge on any atom is -0.352 e. The van der Waals surface area contributed by atoms with E-state index in [0.29, 0.717) is 13.1 Å². The number of benzene rings is 2. The van der Waals surface area contributed by atoms with E-state index in [4.69, 9.17) is 23.2 Å². The number of unbranched alkanes of at least 4 members (excludes halogenated alkanes) is 4. The predicted octanol–water partition coefficient (Wildman–Crippen LogP) is 4.92. The molecule has 0 radical (unpaired) electrons. The lowest BCUT2D eigenvalue weighted by Gasteiger charge is -2.08.